The van der Waals surface area contributed by atoms with Gasteiger partial charge in [0.2, 0.25) is 0 Å². The van der Waals surface area contributed by atoms with Crippen molar-refractivity contribution in [3.63, 3.8) is 0 Å². The van der Waals surface area contributed by atoms with E-state index < -0.39 is 24.5 Å². The summed E-state index contributed by atoms with van der Waals surface area (Å²) in [6, 6.07) is 3.60. The van der Waals surface area contributed by atoms with E-state index in [-0.39, 0.29) is 10.6 Å². The molecular formula is C10H6ClF5O2. The number of ether oxygens (including phenoxy) is 1. The van der Waals surface area contributed by atoms with Crippen LogP contribution in [0, 0.1) is 0 Å². The Morgan fingerprint density at radius 3 is 2.33 bits per heavy atom. The number of benzene rings is 1. The minimum Gasteiger partial charge on any atom is -0.485 e. The van der Waals surface area contributed by atoms with Gasteiger partial charge in [-0.15, -0.1) is 0 Å². The van der Waals surface area contributed by atoms with Crippen LogP contribution in [0.4, 0.5) is 22.0 Å². The molecule has 0 radical (unpaired) electrons. The van der Waals surface area contributed by atoms with Crippen molar-refractivity contribution in [2.24, 2.45) is 0 Å². The first-order chi connectivity index (χ1) is 8.19. The van der Waals surface area contributed by atoms with Gasteiger partial charge in [-0.1, -0.05) is 17.7 Å². The molecule has 1 aromatic rings. The first kappa shape index (κ1) is 14.7. The molecule has 0 amide bonds. The van der Waals surface area contributed by atoms with E-state index in [0.29, 0.717) is 6.29 Å². The van der Waals surface area contributed by atoms with Gasteiger partial charge in [-0.2, -0.15) is 22.0 Å². The van der Waals surface area contributed by atoms with Crippen LogP contribution in [0.15, 0.2) is 18.2 Å². The van der Waals surface area contributed by atoms with Crippen LogP contribution in [0.2, 0.25) is 5.02 Å². The Hall–Kier alpha value is -1.37. The van der Waals surface area contributed by atoms with Crippen molar-refractivity contribution in [3.05, 3.63) is 28.8 Å². The number of hydrogen-bond donors (Lipinski definition) is 0. The highest BCUT2D eigenvalue weighted by Gasteiger charge is 2.58. The van der Waals surface area contributed by atoms with Gasteiger partial charge in [-0.05, 0) is 12.1 Å². The molecule has 0 N–H and O–H groups in total. The molecule has 0 fully saturated rings. The molecule has 0 heterocycles. The van der Waals surface area contributed by atoms with Crippen LogP contribution >= 0.6 is 11.6 Å². The monoisotopic (exact) mass is 288 g/mol. The fraction of sp³-hybridized carbons (Fsp3) is 0.300. The predicted octanol–water partition coefficient (Wildman–Crippen LogP) is 3.73. The van der Waals surface area contributed by atoms with E-state index in [0.717, 1.165) is 6.07 Å². The number of hydrogen-bond acceptors (Lipinski definition) is 2. The minimum atomic E-state index is -5.71. The van der Waals surface area contributed by atoms with E-state index >= 15 is 0 Å². The quantitative estimate of drug-likeness (QED) is 0.623. The van der Waals surface area contributed by atoms with Crippen LogP contribution in [0.3, 0.4) is 0 Å². The molecule has 1 rings (SSSR count). The van der Waals surface area contributed by atoms with Gasteiger partial charge in [0.1, 0.15) is 5.75 Å². The third kappa shape index (κ3) is 3.10. The molecule has 2 nitrogen and oxygen atoms in total. The maximum atomic E-state index is 12.6. The van der Waals surface area contributed by atoms with E-state index in [9.17, 15) is 26.7 Å². The zero-order chi connectivity index (χ0) is 14.0. The molecule has 0 atom stereocenters. The van der Waals surface area contributed by atoms with Crippen LogP contribution in [0.25, 0.3) is 0 Å². The number of carbonyl (C=O) groups excluding carboxylic acids is 1. The van der Waals surface area contributed by atoms with Gasteiger partial charge in [0.05, 0.1) is 5.02 Å². The highest BCUT2D eigenvalue weighted by atomic mass is 35.5. The predicted molar refractivity (Wildman–Crippen MR) is 53.3 cm³/mol. The Labute approximate surface area is 103 Å². The lowest BCUT2D eigenvalue weighted by Gasteiger charge is -2.20. The lowest BCUT2D eigenvalue weighted by Crippen LogP contribution is -2.41. The number of halogens is 6. The molecular weight excluding hydrogens is 283 g/mol. The molecule has 100 valence electrons. The summed E-state index contributed by atoms with van der Waals surface area (Å²) in [5, 5.41) is -0.314. The molecule has 0 spiro atoms. The first-order valence-corrected chi connectivity index (χ1v) is 4.88. The second kappa shape index (κ2) is 5.09. The zero-order valence-electron chi connectivity index (χ0n) is 8.60. The highest BCUT2D eigenvalue weighted by molar-refractivity contribution is 6.34. The second-order valence-corrected chi connectivity index (χ2v) is 3.65. The molecule has 0 aliphatic rings. The molecule has 0 saturated heterocycles. The Kier molecular flexibility index (Phi) is 4.16. The van der Waals surface area contributed by atoms with Crippen LogP contribution in [0.5, 0.6) is 5.75 Å². The average molecular weight is 289 g/mol. The topological polar surface area (TPSA) is 26.3 Å². The Balaban J connectivity index is 2.85. The summed E-state index contributed by atoms with van der Waals surface area (Å²) in [6.07, 6.45) is -5.38. The van der Waals surface area contributed by atoms with Crippen molar-refractivity contribution in [2.45, 2.75) is 12.1 Å². The summed E-state index contributed by atoms with van der Waals surface area (Å²) in [4.78, 5) is 10.5. The number of carbonyl (C=O) groups is 1. The van der Waals surface area contributed by atoms with Gasteiger partial charge in [0.25, 0.3) is 0 Å². The molecule has 0 aliphatic carbocycles. The number of aldehydes is 1. The smallest absolute Gasteiger partial charge is 0.456 e. The van der Waals surface area contributed by atoms with Gasteiger partial charge in [-0.3, -0.25) is 4.79 Å². The van der Waals surface area contributed by atoms with Crippen LogP contribution in [0.1, 0.15) is 10.4 Å². The van der Waals surface area contributed by atoms with Crippen molar-refractivity contribution >= 4 is 17.9 Å². The van der Waals surface area contributed by atoms with E-state index in [1.165, 1.54) is 12.1 Å². The molecule has 18 heavy (non-hydrogen) atoms. The van der Waals surface area contributed by atoms with E-state index in [1.54, 1.807) is 0 Å². The summed E-state index contributed by atoms with van der Waals surface area (Å²) in [5.74, 6) is -5.40. The minimum absolute atomic E-state index is 0.0653. The van der Waals surface area contributed by atoms with Gasteiger partial charge in [-0.25, -0.2) is 0 Å². The maximum absolute atomic E-state index is 12.6. The number of alkyl halides is 5. The van der Waals surface area contributed by atoms with Crippen LogP contribution in [-0.4, -0.2) is 25.0 Å². The SMILES string of the molecule is O=Cc1cccc(OCC(F)(F)C(F)(F)F)c1Cl. The molecule has 0 unspecified atom stereocenters. The third-order valence-electron chi connectivity index (χ3n) is 1.94. The van der Waals surface area contributed by atoms with Gasteiger partial charge < -0.3 is 4.74 Å². The lowest BCUT2D eigenvalue weighted by molar-refractivity contribution is -0.290. The highest BCUT2D eigenvalue weighted by Crippen LogP contribution is 2.36. The molecule has 0 aliphatic heterocycles. The second-order valence-electron chi connectivity index (χ2n) is 3.27. The summed E-state index contributed by atoms with van der Waals surface area (Å²) in [6.45, 7) is -1.90. The first-order valence-electron chi connectivity index (χ1n) is 4.50. The normalized spacial score (nSPS) is 12.3. The van der Waals surface area contributed by atoms with Crippen molar-refractivity contribution in [1.29, 1.82) is 0 Å². The van der Waals surface area contributed by atoms with Gasteiger partial charge in [0.15, 0.2) is 12.9 Å². The lowest BCUT2D eigenvalue weighted by atomic mass is 10.2. The standard InChI is InChI=1S/C10H6ClF5O2/c11-8-6(4-17)2-1-3-7(8)18-5-9(12,13)10(14,15)16/h1-4H,5H2. The fourth-order valence-corrected chi connectivity index (χ4v) is 1.21. The van der Waals surface area contributed by atoms with Crippen LogP contribution in [-0.2, 0) is 0 Å². The van der Waals surface area contributed by atoms with Crippen molar-refractivity contribution < 1.29 is 31.5 Å². The van der Waals surface area contributed by atoms with E-state index in [1.807, 2.05) is 0 Å². The van der Waals surface area contributed by atoms with Crippen LogP contribution < -0.4 is 4.74 Å². The summed E-state index contributed by atoms with van der Waals surface area (Å²) in [5.41, 5.74) is -0.0653. The number of rotatable bonds is 4. The average Bonchev–Trinajstić information content (AvgIpc) is 2.26. The van der Waals surface area contributed by atoms with Crippen molar-refractivity contribution in [1.82, 2.24) is 0 Å². The summed E-state index contributed by atoms with van der Waals surface area (Å²) >= 11 is 5.57. The van der Waals surface area contributed by atoms with Crippen molar-refractivity contribution in [2.75, 3.05) is 6.61 Å². The molecule has 0 aromatic heterocycles. The van der Waals surface area contributed by atoms with Crippen molar-refractivity contribution in [3.8, 4) is 5.75 Å². The Morgan fingerprint density at radius 1 is 1.22 bits per heavy atom. The fourth-order valence-electron chi connectivity index (χ4n) is 0.980. The Bertz CT molecular complexity index is 444. The van der Waals surface area contributed by atoms with E-state index in [2.05, 4.69) is 4.74 Å². The Morgan fingerprint density at radius 2 is 1.83 bits per heavy atom. The zero-order valence-corrected chi connectivity index (χ0v) is 9.36. The summed E-state index contributed by atoms with van der Waals surface area (Å²) < 4.78 is 65.0. The van der Waals surface area contributed by atoms with Gasteiger partial charge in [0, 0.05) is 5.56 Å². The maximum Gasteiger partial charge on any atom is 0.456 e. The molecule has 1 aromatic carbocycles. The molecule has 8 heteroatoms. The van der Waals surface area contributed by atoms with E-state index in [4.69, 9.17) is 11.6 Å². The molecule has 0 saturated carbocycles. The third-order valence-corrected chi connectivity index (χ3v) is 2.35. The summed E-state index contributed by atoms with van der Waals surface area (Å²) in [7, 11) is 0. The van der Waals surface area contributed by atoms with Gasteiger partial charge >= 0.3 is 12.1 Å². The largest absolute Gasteiger partial charge is 0.485 e. The molecule has 0 bridgehead atoms.